The predicted octanol–water partition coefficient (Wildman–Crippen LogP) is 6.47. The van der Waals surface area contributed by atoms with Gasteiger partial charge in [0.25, 0.3) is 0 Å². The molecule has 1 aliphatic rings. The molecule has 7 heteroatoms. The van der Waals surface area contributed by atoms with Gasteiger partial charge in [0.15, 0.2) is 11.6 Å². The molecule has 0 spiro atoms. The third-order valence-corrected chi connectivity index (χ3v) is 6.85. The molecule has 0 unspecified atom stereocenters. The smallest absolute Gasteiger partial charge is 0.227 e. The van der Waals surface area contributed by atoms with Crippen LogP contribution in [0.5, 0.6) is 11.6 Å². The minimum absolute atomic E-state index is 0.119. The summed E-state index contributed by atoms with van der Waals surface area (Å²) in [5.41, 5.74) is 3.71. The zero-order chi connectivity index (χ0) is 27.2. The number of rotatable bonds is 13. The third kappa shape index (κ3) is 6.92. The van der Waals surface area contributed by atoms with Gasteiger partial charge >= 0.3 is 0 Å². The largest absolute Gasteiger partial charge is 0.435 e. The van der Waals surface area contributed by atoms with E-state index in [0.29, 0.717) is 31.6 Å². The standard InChI is InChI=1S/C32H36FN3O3/c1-23(2)31-28(20-35(25-17-18-25)19-27(37)22-38-21-24-11-5-3-6-12-24)32(39-30-16-10-9-15-29(30)33)36(34-31)26-13-7-4-8-14-26/h3-16,23,25,27,37H,17-22H2,1-2H3/t27-/m0/s1. The topological polar surface area (TPSA) is 59.8 Å². The number of nitrogens with zero attached hydrogens (tertiary/aromatic N) is 3. The number of benzene rings is 3. The lowest BCUT2D eigenvalue weighted by molar-refractivity contribution is 0.00691. The summed E-state index contributed by atoms with van der Waals surface area (Å²) >= 11 is 0. The molecule has 0 saturated heterocycles. The van der Waals surface area contributed by atoms with Crippen LogP contribution >= 0.6 is 0 Å². The molecule has 1 aromatic heterocycles. The van der Waals surface area contributed by atoms with E-state index in [9.17, 15) is 9.50 Å². The van der Waals surface area contributed by atoms with Gasteiger partial charge in [-0.25, -0.2) is 9.07 Å². The molecular formula is C32H36FN3O3. The molecule has 0 amide bonds. The van der Waals surface area contributed by atoms with Crippen LogP contribution < -0.4 is 4.74 Å². The predicted molar refractivity (Wildman–Crippen MR) is 150 cm³/mol. The van der Waals surface area contributed by atoms with Gasteiger partial charge in [0.2, 0.25) is 5.88 Å². The lowest BCUT2D eigenvalue weighted by atomic mass is 10.1. The summed E-state index contributed by atoms with van der Waals surface area (Å²) in [7, 11) is 0. The maximum absolute atomic E-state index is 14.7. The van der Waals surface area contributed by atoms with Crippen molar-refractivity contribution in [2.75, 3.05) is 13.2 Å². The molecular weight excluding hydrogens is 493 g/mol. The van der Waals surface area contributed by atoms with Gasteiger partial charge in [-0.2, -0.15) is 5.10 Å². The Morgan fingerprint density at radius 2 is 1.64 bits per heavy atom. The lowest BCUT2D eigenvalue weighted by Crippen LogP contribution is -2.36. The normalized spacial score (nSPS) is 14.2. The number of aliphatic hydroxyl groups excluding tert-OH is 1. The van der Waals surface area contributed by atoms with Crippen LogP contribution in [0.15, 0.2) is 84.9 Å². The van der Waals surface area contributed by atoms with E-state index in [1.807, 2.05) is 60.7 Å². The fourth-order valence-electron chi connectivity index (χ4n) is 4.74. The maximum Gasteiger partial charge on any atom is 0.227 e. The average molecular weight is 530 g/mol. The zero-order valence-corrected chi connectivity index (χ0v) is 22.5. The molecule has 0 bridgehead atoms. The number of ether oxygens (including phenoxy) is 2. The highest BCUT2D eigenvalue weighted by Gasteiger charge is 2.33. The number of hydrogen-bond donors (Lipinski definition) is 1. The summed E-state index contributed by atoms with van der Waals surface area (Å²) in [6.07, 6.45) is 1.51. The van der Waals surface area contributed by atoms with E-state index >= 15 is 0 Å². The van der Waals surface area contributed by atoms with Gasteiger partial charge in [0.1, 0.15) is 0 Å². The SMILES string of the molecule is CC(C)c1nn(-c2ccccc2)c(Oc2ccccc2F)c1CN(C[C@H](O)COCc1ccccc1)C1CC1. The molecule has 3 aromatic carbocycles. The summed E-state index contributed by atoms with van der Waals surface area (Å²) in [5.74, 6) is 0.336. The summed E-state index contributed by atoms with van der Waals surface area (Å²) in [4.78, 5) is 2.28. The highest BCUT2D eigenvalue weighted by molar-refractivity contribution is 5.44. The number of aliphatic hydroxyl groups is 1. The molecule has 1 fully saturated rings. The van der Waals surface area contributed by atoms with E-state index in [4.69, 9.17) is 14.6 Å². The first-order valence-electron chi connectivity index (χ1n) is 13.6. The van der Waals surface area contributed by atoms with Gasteiger partial charge in [-0.15, -0.1) is 0 Å². The second-order valence-electron chi connectivity index (χ2n) is 10.4. The quantitative estimate of drug-likeness (QED) is 0.215. The van der Waals surface area contributed by atoms with Crippen molar-refractivity contribution < 1.29 is 19.0 Å². The Morgan fingerprint density at radius 3 is 2.31 bits per heavy atom. The third-order valence-electron chi connectivity index (χ3n) is 6.85. The molecule has 0 aliphatic heterocycles. The Balaban J connectivity index is 1.41. The molecule has 1 heterocycles. The van der Waals surface area contributed by atoms with Crippen LogP contribution in [0.3, 0.4) is 0 Å². The van der Waals surface area contributed by atoms with Gasteiger partial charge < -0.3 is 14.6 Å². The van der Waals surface area contributed by atoms with Crippen LogP contribution in [0.4, 0.5) is 4.39 Å². The first-order chi connectivity index (χ1) is 19.0. The highest BCUT2D eigenvalue weighted by Crippen LogP contribution is 2.37. The van der Waals surface area contributed by atoms with Crippen molar-refractivity contribution in [2.24, 2.45) is 0 Å². The van der Waals surface area contributed by atoms with Crippen molar-refractivity contribution in [3.8, 4) is 17.3 Å². The number of aromatic nitrogens is 2. The molecule has 0 radical (unpaired) electrons. The van der Waals surface area contributed by atoms with Crippen molar-refractivity contribution in [1.82, 2.24) is 14.7 Å². The summed E-state index contributed by atoms with van der Waals surface area (Å²) in [6, 6.07) is 26.5. The van der Waals surface area contributed by atoms with Crippen LogP contribution in [0.2, 0.25) is 0 Å². The van der Waals surface area contributed by atoms with Crippen molar-refractivity contribution in [2.45, 2.75) is 57.9 Å². The Bertz CT molecular complexity index is 1340. The van der Waals surface area contributed by atoms with Gasteiger partial charge in [-0.3, -0.25) is 4.90 Å². The van der Waals surface area contributed by atoms with Crippen LogP contribution in [-0.4, -0.2) is 45.1 Å². The first kappa shape index (κ1) is 27.1. The van der Waals surface area contributed by atoms with Crippen molar-refractivity contribution >= 4 is 0 Å². The van der Waals surface area contributed by atoms with E-state index < -0.39 is 11.9 Å². The van der Waals surface area contributed by atoms with Crippen LogP contribution in [0.1, 0.15) is 49.4 Å². The minimum atomic E-state index is -0.642. The van der Waals surface area contributed by atoms with Gasteiger partial charge in [-0.05, 0) is 48.6 Å². The van der Waals surface area contributed by atoms with Gasteiger partial charge in [0.05, 0.1) is 36.3 Å². The van der Waals surface area contributed by atoms with E-state index in [0.717, 1.165) is 35.3 Å². The Hall–Kier alpha value is -3.52. The fourth-order valence-corrected chi connectivity index (χ4v) is 4.74. The van der Waals surface area contributed by atoms with Crippen LogP contribution in [0.25, 0.3) is 5.69 Å². The van der Waals surface area contributed by atoms with E-state index in [2.05, 4.69) is 18.7 Å². The molecule has 1 atom stereocenters. The van der Waals surface area contributed by atoms with E-state index in [1.54, 1.807) is 22.9 Å². The second-order valence-corrected chi connectivity index (χ2v) is 10.4. The molecule has 6 nitrogen and oxygen atoms in total. The second kappa shape index (κ2) is 12.6. The molecule has 1 aliphatic carbocycles. The number of para-hydroxylation sites is 2. The first-order valence-corrected chi connectivity index (χ1v) is 13.6. The van der Waals surface area contributed by atoms with Gasteiger partial charge in [0, 0.05) is 19.1 Å². The molecule has 5 rings (SSSR count). The summed E-state index contributed by atoms with van der Waals surface area (Å²) < 4.78 is 28.6. The fraction of sp³-hybridized carbons (Fsp3) is 0.344. The van der Waals surface area contributed by atoms with Crippen LogP contribution in [0, 0.1) is 5.82 Å². The van der Waals surface area contributed by atoms with Gasteiger partial charge in [-0.1, -0.05) is 74.5 Å². The maximum atomic E-state index is 14.7. The Labute approximate surface area is 229 Å². The molecule has 1 saturated carbocycles. The Kier molecular flexibility index (Phi) is 8.71. The zero-order valence-electron chi connectivity index (χ0n) is 22.5. The highest BCUT2D eigenvalue weighted by atomic mass is 19.1. The number of hydrogen-bond acceptors (Lipinski definition) is 5. The molecule has 39 heavy (non-hydrogen) atoms. The van der Waals surface area contributed by atoms with E-state index in [-0.39, 0.29) is 18.3 Å². The lowest BCUT2D eigenvalue weighted by Gasteiger charge is -2.26. The van der Waals surface area contributed by atoms with Crippen molar-refractivity contribution in [3.05, 3.63) is 108 Å². The van der Waals surface area contributed by atoms with E-state index in [1.165, 1.54) is 6.07 Å². The van der Waals surface area contributed by atoms with Crippen molar-refractivity contribution in [3.63, 3.8) is 0 Å². The molecule has 1 N–H and O–H groups in total. The number of halogens is 1. The summed E-state index contributed by atoms with van der Waals surface area (Å²) in [6.45, 7) is 5.90. The monoisotopic (exact) mass is 529 g/mol. The molecule has 4 aromatic rings. The Morgan fingerprint density at radius 1 is 0.974 bits per heavy atom. The average Bonchev–Trinajstić information content (AvgIpc) is 3.73. The minimum Gasteiger partial charge on any atom is -0.435 e. The van der Waals surface area contributed by atoms with Crippen molar-refractivity contribution in [1.29, 1.82) is 0 Å². The summed E-state index contributed by atoms with van der Waals surface area (Å²) in [5, 5.41) is 15.8. The molecule has 204 valence electrons. The van der Waals surface area contributed by atoms with Crippen LogP contribution in [-0.2, 0) is 17.9 Å².